The highest BCUT2D eigenvalue weighted by Crippen LogP contribution is 2.64. The molecule has 0 aliphatic heterocycles. The van der Waals surface area contributed by atoms with E-state index in [0.29, 0.717) is 11.8 Å². The van der Waals surface area contributed by atoms with Crippen LogP contribution in [-0.4, -0.2) is 32.3 Å². The lowest BCUT2D eigenvalue weighted by Gasteiger charge is -2.61. The van der Waals surface area contributed by atoms with Gasteiger partial charge in [-0.1, -0.05) is 45.7 Å². The smallest absolute Gasteiger partial charge is 0.317 e. The van der Waals surface area contributed by atoms with Crippen LogP contribution in [-0.2, 0) is 9.59 Å². The maximum atomic E-state index is 11.3. The zero-order chi connectivity index (χ0) is 23.3. The average Bonchev–Trinajstić information content (AvgIpc) is 2.69. The molecular weight excluding hydrogens is 536 g/mol. The van der Waals surface area contributed by atoms with Gasteiger partial charge >= 0.3 is 11.9 Å². The first kappa shape index (κ1) is 25.0. The van der Waals surface area contributed by atoms with Crippen LogP contribution in [0.5, 0.6) is 0 Å². The predicted molar refractivity (Wildman–Crippen MR) is 133 cm³/mol. The molecule has 1 unspecified atom stereocenters. The number of aliphatic carboxylic acids is 2. The zero-order valence-electron chi connectivity index (χ0n) is 19.6. The number of carbonyl (C=O) groups is 2. The van der Waals surface area contributed by atoms with Crippen molar-refractivity contribution in [3.8, 4) is 0 Å². The highest BCUT2D eigenvalue weighted by molar-refractivity contribution is 9.10. The second kappa shape index (κ2) is 9.51. The highest BCUT2D eigenvalue weighted by atomic mass is 79.9. The number of halogens is 2. The summed E-state index contributed by atoms with van der Waals surface area (Å²) in [6.45, 7) is 4.76. The molecule has 6 heteroatoms. The molecule has 8 aliphatic rings. The van der Waals surface area contributed by atoms with E-state index in [2.05, 4.69) is 45.7 Å². The Kier molecular flexibility index (Phi) is 7.43. The van der Waals surface area contributed by atoms with Crippen molar-refractivity contribution in [1.82, 2.24) is 0 Å². The molecule has 1 atom stereocenters. The summed E-state index contributed by atoms with van der Waals surface area (Å²) in [6.07, 6.45) is 16.0. The van der Waals surface area contributed by atoms with E-state index in [1.807, 2.05) is 0 Å². The minimum atomic E-state index is -0.829. The topological polar surface area (TPSA) is 74.6 Å². The third-order valence-electron chi connectivity index (χ3n) is 10.1. The fourth-order valence-corrected chi connectivity index (χ4v) is 10.2. The molecule has 0 amide bonds. The van der Waals surface area contributed by atoms with Crippen LogP contribution in [0.4, 0.5) is 0 Å². The van der Waals surface area contributed by atoms with E-state index in [9.17, 15) is 14.7 Å². The van der Waals surface area contributed by atoms with E-state index < -0.39 is 11.9 Å². The van der Waals surface area contributed by atoms with Crippen LogP contribution >= 0.6 is 31.9 Å². The highest BCUT2D eigenvalue weighted by Gasteiger charge is 2.58. The molecule has 8 aliphatic carbocycles. The number of carboxylic acid groups (broad SMARTS) is 2. The van der Waals surface area contributed by atoms with Crippen LogP contribution in [0.2, 0.25) is 0 Å². The fraction of sp³-hybridized carbons (Fsp3) is 0.923. The molecule has 182 valence electrons. The average molecular weight is 576 g/mol. The molecule has 0 aromatic rings. The van der Waals surface area contributed by atoms with Gasteiger partial charge in [0, 0.05) is 0 Å². The molecule has 32 heavy (non-hydrogen) atoms. The van der Waals surface area contributed by atoms with E-state index >= 15 is 0 Å². The van der Waals surface area contributed by atoms with Crippen LogP contribution in [0.25, 0.3) is 0 Å². The maximum Gasteiger partial charge on any atom is 0.317 e. The lowest BCUT2D eigenvalue weighted by molar-refractivity contribution is -0.149. The molecule has 2 N–H and O–H groups in total. The van der Waals surface area contributed by atoms with Gasteiger partial charge in [-0.15, -0.1) is 0 Å². The number of hydrogen-bond donors (Lipinski definition) is 2. The van der Waals surface area contributed by atoms with Gasteiger partial charge in [-0.3, -0.25) is 9.59 Å². The summed E-state index contributed by atoms with van der Waals surface area (Å²) in [5.74, 6) is 5.03. The fourth-order valence-electron chi connectivity index (χ4n) is 9.42. The van der Waals surface area contributed by atoms with Crippen molar-refractivity contribution in [2.24, 2.45) is 52.3 Å². The molecular formula is C26H40Br2O4. The van der Waals surface area contributed by atoms with Crippen LogP contribution in [0, 0.1) is 52.3 Å². The van der Waals surface area contributed by atoms with Gasteiger partial charge in [0.25, 0.3) is 0 Å². The van der Waals surface area contributed by atoms with E-state index in [1.165, 1.54) is 32.1 Å². The number of alkyl halides is 2. The SMILES string of the molecule is CC1(C(Br)C(=O)O)C2CC3CC(C2)CC1C3.CC12CC3CC(CC(C3)C1)C2.O=C(O)CBr. The Morgan fingerprint density at radius 3 is 1.41 bits per heavy atom. The van der Waals surface area contributed by atoms with E-state index in [0.717, 1.165) is 35.0 Å². The maximum absolute atomic E-state index is 11.3. The van der Waals surface area contributed by atoms with E-state index in [-0.39, 0.29) is 15.6 Å². The van der Waals surface area contributed by atoms with Crippen LogP contribution < -0.4 is 0 Å². The van der Waals surface area contributed by atoms with Crippen LogP contribution in [0.15, 0.2) is 0 Å². The molecule has 8 fully saturated rings. The lowest BCUT2D eigenvalue weighted by atomic mass is 9.45. The number of carboxylic acids is 2. The molecule has 8 rings (SSSR count). The van der Waals surface area contributed by atoms with Crippen molar-refractivity contribution >= 4 is 43.8 Å². The van der Waals surface area contributed by atoms with E-state index in [1.54, 1.807) is 38.5 Å². The normalized spacial score (nSPS) is 47.7. The zero-order valence-corrected chi connectivity index (χ0v) is 22.7. The van der Waals surface area contributed by atoms with Gasteiger partial charge in [0.1, 0.15) is 10.2 Å². The third-order valence-corrected chi connectivity index (χ3v) is 12.0. The first-order chi connectivity index (χ1) is 15.0. The molecule has 0 saturated heterocycles. The van der Waals surface area contributed by atoms with Gasteiger partial charge in [-0.05, 0) is 123 Å². The summed E-state index contributed by atoms with van der Waals surface area (Å²) < 4.78 is 0. The summed E-state index contributed by atoms with van der Waals surface area (Å²) in [5.41, 5.74) is 0.800. The lowest BCUT2D eigenvalue weighted by Crippen LogP contribution is -2.56. The molecule has 0 aromatic carbocycles. The first-order valence-corrected chi connectivity index (χ1v) is 14.7. The van der Waals surface area contributed by atoms with Crippen molar-refractivity contribution in [2.45, 2.75) is 89.3 Å². The van der Waals surface area contributed by atoms with Gasteiger partial charge in [0.2, 0.25) is 0 Å². The second-order valence-corrected chi connectivity index (χ2v) is 14.1. The van der Waals surface area contributed by atoms with Gasteiger partial charge in [0.15, 0.2) is 0 Å². The summed E-state index contributed by atoms with van der Waals surface area (Å²) >= 11 is 6.16. The Morgan fingerprint density at radius 1 is 0.781 bits per heavy atom. The Hall–Kier alpha value is -0.100. The monoisotopic (exact) mass is 574 g/mol. The van der Waals surface area contributed by atoms with Gasteiger partial charge in [-0.25, -0.2) is 0 Å². The van der Waals surface area contributed by atoms with Crippen molar-refractivity contribution in [3.05, 3.63) is 0 Å². The Morgan fingerprint density at radius 2 is 1.12 bits per heavy atom. The largest absolute Gasteiger partial charge is 0.481 e. The van der Waals surface area contributed by atoms with Crippen LogP contribution in [0.1, 0.15) is 84.5 Å². The molecule has 0 radical (unpaired) electrons. The van der Waals surface area contributed by atoms with Crippen LogP contribution in [0.3, 0.4) is 0 Å². The number of hydrogen-bond acceptors (Lipinski definition) is 2. The summed E-state index contributed by atoms with van der Waals surface area (Å²) in [5, 5.41) is 17.0. The third kappa shape index (κ3) is 4.97. The minimum absolute atomic E-state index is 0.000741. The first-order valence-electron chi connectivity index (χ1n) is 12.7. The Balaban J connectivity index is 0.000000132. The minimum Gasteiger partial charge on any atom is -0.481 e. The Labute approximate surface area is 209 Å². The molecule has 0 aromatic heterocycles. The predicted octanol–water partition coefficient (Wildman–Crippen LogP) is 6.99. The van der Waals surface area contributed by atoms with Crippen molar-refractivity contribution in [3.63, 3.8) is 0 Å². The summed E-state index contributed by atoms with van der Waals surface area (Å²) in [4.78, 5) is 20.3. The molecule has 4 nitrogen and oxygen atoms in total. The van der Waals surface area contributed by atoms with Crippen molar-refractivity contribution < 1.29 is 19.8 Å². The van der Waals surface area contributed by atoms with Crippen molar-refractivity contribution in [2.75, 3.05) is 5.33 Å². The van der Waals surface area contributed by atoms with Gasteiger partial charge in [-0.2, -0.15) is 0 Å². The standard InChI is InChI=1S/C13H19BrO2.C11H18.C2H3BrO2/c1-13(11(14)12(15)16)9-3-7-2-8(5-9)6-10(13)4-7;1-11-5-8-2-9(6-11)4-10(3-8)7-11;3-1-2(4)5/h7-11H,2-6H2,1H3,(H,15,16);8-10H,2-7H2,1H3;1H2,(H,4,5). The summed E-state index contributed by atoms with van der Waals surface area (Å²) in [6, 6.07) is 0. The Bertz CT molecular complexity index is 657. The summed E-state index contributed by atoms with van der Waals surface area (Å²) in [7, 11) is 0. The number of rotatable bonds is 3. The van der Waals surface area contributed by atoms with Gasteiger partial charge < -0.3 is 10.2 Å². The molecule has 0 heterocycles. The van der Waals surface area contributed by atoms with E-state index in [4.69, 9.17) is 5.11 Å². The molecule has 8 saturated carbocycles. The molecule has 8 bridgehead atoms. The second-order valence-electron chi connectivity index (χ2n) is 12.6. The molecule has 0 spiro atoms. The van der Waals surface area contributed by atoms with Gasteiger partial charge in [0.05, 0.1) is 0 Å². The van der Waals surface area contributed by atoms with Crippen molar-refractivity contribution in [1.29, 1.82) is 0 Å². The quantitative estimate of drug-likeness (QED) is 0.356.